The van der Waals surface area contributed by atoms with Crippen molar-refractivity contribution in [3.05, 3.63) is 28.7 Å². The summed E-state index contributed by atoms with van der Waals surface area (Å²) >= 11 is 3.20. The summed E-state index contributed by atoms with van der Waals surface area (Å²) in [6, 6.07) is 4.93. The first-order valence-corrected chi connectivity index (χ1v) is 6.85. The van der Waals surface area contributed by atoms with Crippen molar-refractivity contribution in [1.29, 1.82) is 0 Å². The van der Waals surface area contributed by atoms with Crippen LogP contribution in [0.3, 0.4) is 0 Å². The Hall–Kier alpha value is -1.24. The maximum atomic E-state index is 12.7. The molecule has 0 aliphatic rings. The third kappa shape index (κ3) is 5.03. The Morgan fingerprint density at radius 3 is 2.30 bits per heavy atom. The minimum Gasteiger partial charge on any atom is -0.480 e. The van der Waals surface area contributed by atoms with Crippen molar-refractivity contribution in [2.75, 3.05) is 11.4 Å². The van der Waals surface area contributed by atoms with Crippen LogP contribution in [-0.4, -0.2) is 29.8 Å². The van der Waals surface area contributed by atoms with Crippen LogP contribution in [-0.2, 0) is 4.79 Å². The second-order valence-electron chi connectivity index (χ2n) is 4.36. The lowest BCUT2D eigenvalue weighted by molar-refractivity contribution is -0.140. The Bertz CT molecular complexity index is 448. The predicted octanol–water partition coefficient (Wildman–Crippen LogP) is 4.07. The molecule has 0 fully saturated rings. The second-order valence-corrected chi connectivity index (χ2v) is 5.28. The van der Waals surface area contributed by atoms with Crippen molar-refractivity contribution in [3.63, 3.8) is 0 Å². The van der Waals surface area contributed by atoms with Gasteiger partial charge in [-0.15, -0.1) is 0 Å². The molecule has 112 valence electrons. The minimum absolute atomic E-state index is 0.154. The number of rotatable bonds is 6. The first-order chi connectivity index (χ1) is 9.24. The molecule has 0 aromatic heterocycles. The van der Waals surface area contributed by atoms with E-state index in [0.29, 0.717) is 6.42 Å². The molecule has 0 aliphatic carbocycles. The van der Waals surface area contributed by atoms with Gasteiger partial charge in [0.2, 0.25) is 0 Å². The zero-order valence-corrected chi connectivity index (χ0v) is 12.4. The summed E-state index contributed by atoms with van der Waals surface area (Å²) in [7, 11) is 0. The smallest absolute Gasteiger partial charge is 0.405 e. The molecule has 0 aliphatic heterocycles. The summed E-state index contributed by atoms with van der Waals surface area (Å²) in [5.74, 6) is -1.25. The third-order valence-electron chi connectivity index (χ3n) is 2.73. The number of hydrogen-bond acceptors (Lipinski definition) is 2. The van der Waals surface area contributed by atoms with Crippen LogP contribution in [0.15, 0.2) is 28.7 Å². The molecule has 0 saturated carbocycles. The largest absolute Gasteiger partial charge is 0.480 e. The van der Waals surface area contributed by atoms with E-state index in [1.165, 1.54) is 12.1 Å². The molecule has 0 amide bonds. The fourth-order valence-corrected chi connectivity index (χ4v) is 2.16. The lowest BCUT2D eigenvalue weighted by Gasteiger charge is -2.31. The van der Waals surface area contributed by atoms with Gasteiger partial charge >= 0.3 is 12.1 Å². The molecule has 7 heteroatoms. The van der Waals surface area contributed by atoms with E-state index in [-0.39, 0.29) is 12.1 Å². The fourth-order valence-electron chi connectivity index (χ4n) is 1.89. The molecule has 1 atom stereocenters. The minimum atomic E-state index is -4.46. The number of anilines is 1. The van der Waals surface area contributed by atoms with Crippen LogP contribution >= 0.6 is 15.9 Å². The summed E-state index contributed by atoms with van der Waals surface area (Å²) in [6.07, 6.45) is -3.82. The van der Waals surface area contributed by atoms with E-state index in [1.807, 2.05) is 0 Å². The summed E-state index contributed by atoms with van der Waals surface area (Å²) in [5, 5.41) is 9.17. The van der Waals surface area contributed by atoms with Crippen LogP contribution in [0.2, 0.25) is 0 Å². The standard InChI is InChI=1S/C13H15BrF3NO2/c1-2-3-11(12(19)20)18(8-13(15,16)17)10-6-4-9(14)5-7-10/h4-7,11H,2-3,8H2,1H3,(H,19,20)/t11-/m0/s1. The molecular weight excluding hydrogens is 339 g/mol. The number of nitrogens with zero attached hydrogens (tertiary/aromatic N) is 1. The quantitative estimate of drug-likeness (QED) is 0.837. The highest BCUT2D eigenvalue weighted by Crippen LogP contribution is 2.27. The van der Waals surface area contributed by atoms with Gasteiger partial charge in [-0.2, -0.15) is 13.2 Å². The van der Waals surface area contributed by atoms with Gasteiger partial charge in [-0.3, -0.25) is 0 Å². The molecule has 1 N–H and O–H groups in total. The molecule has 1 aromatic carbocycles. The van der Waals surface area contributed by atoms with Crippen molar-refractivity contribution < 1.29 is 23.1 Å². The molecule has 20 heavy (non-hydrogen) atoms. The second kappa shape index (κ2) is 6.97. The highest BCUT2D eigenvalue weighted by Gasteiger charge is 2.36. The van der Waals surface area contributed by atoms with Crippen LogP contribution in [0.5, 0.6) is 0 Å². The summed E-state index contributed by atoms with van der Waals surface area (Å²) in [6.45, 7) is 0.453. The highest BCUT2D eigenvalue weighted by molar-refractivity contribution is 9.10. The number of aliphatic carboxylic acids is 1. The zero-order chi connectivity index (χ0) is 15.3. The van der Waals surface area contributed by atoms with E-state index in [0.717, 1.165) is 9.37 Å². The summed E-state index contributed by atoms with van der Waals surface area (Å²) in [4.78, 5) is 12.1. The number of hydrogen-bond donors (Lipinski definition) is 1. The SMILES string of the molecule is CCC[C@@H](C(=O)O)N(CC(F)(F)F)c1ccc(Br)cc1. The molecule has 0 unspecified atom stereocenters. The maximum absolute atomic E-state index is 12.7. The molecule has 1 aromatic rings. The van der Waals surface area contributed by atoms with Gasteiger partial charge in [-0.05, 0) is 30.7 Å². The lowest BCUT2D eigenvalue weighted by Crippen LogP contribution is -2.46. The van der Waals surface area contributed by atoms with Crippen molar-refractivity contribution >= 4 is 27.6 Å². The van der Waals surface area contributed by atoms with Gasteiger partial charge < -0.3 is 10.0 Å². The number of carbonyl (C=O) groups is 1. The van der Waals surface area contributed by atoms with Gasteiger partial charge in [0.15, 0.2) is 0 Å². The Morgan fingerprint density at radius 1 is 1.35 bits per heavy atom. The molecule has 1 rings (SSSR count). The van der Waals surface area contributed by atoms with E-state index in [9.17, 15) is 18.0 Å². The number of halogens is 4. The van der Waals surface area contributed by atoms with E-state index in [1.54, 1.807) is 19.1 Å². The molecular formula is C13H15BrF3NO2. The van der Waals surface area contributed by atoms with Crippen LogP contribution in [0.25, 0.3) is 0 Å². The summed E-state index contributed by atoms with van der Waals surface area (Å²) in [5.41, 5.74) is 0.242. The maximum Gasteiger partial charge on any atom is 0.405 e. The first-order valence-electron chi connectivity index (χ1n) is 6.06. The van der Waals surface area contributed by atoms with Crippen molar-refractivity contribution in [1.82, 2.24) is 0 Å². The number of carboxylic acid groups (broad SMARTS) is 1. The topological polar surface area (TPSA) is 40.5 Å². The average molecular weight is 354 g/mol. The van der Waals surface area contributed by atoms with Crippen LogP contribution in [0.4, 0.5) is 18.9 Å². The summed E-state index contributed by atoms with van der Waals surface area (Å²) < 4.78 is 38.8. The Kier molecular flexibility index (Phi) is 5.86. The van der Waals surface area contributed by atoms with Crippen molar-refractivity contribution in [2.45, 2.75) is 32.0 Å². The van der Waals surface area contributed by atoms with E-state index in [4.69, 9.17) is 5.11 Å². The number of carboxylic acids is 1. The monoisotopic (exact) mass is 353 g/mol. The fraction of sp³-hybridized carbons (Fsp3) is 0.462. The van der Waals surface area contributed by atoms with Crippen molar-refractivity contribution in [2.24, 2.45) is 0 Å². The van der Waals surface area contributed by atoms with Gasteiger partial charge in [0.05, 0.1) is 0 Å². The predicted molar refractivity (Wildman–Crippen MR) is 73.9 cm³/mol. The third-order valence-corrected chi connectivity index (χ3v) is 3.26. The average Bonchev–Trinajstić information content (AvgIpc) is 2.33. The Balaban J connectivity index is 3.12. The first kappa shape index (κ1) is 16.8. The zero-order valence-electron chi connectivity index (χ0n) is 10.8. The normalized spacial score (nSPS) is 13.1. The van der Waals surface area contributed by atoms with E-state index >= 15 is 0 Å². The number of benzene rings is 1. The Labute approximate surface area is 123 Å². The van der Waals surface area contributed by atoms with Gasteiger partial charge in [0.1, 0.15) is 12.6 Å². The highest BCUT2D eigenvalue weighted by atomic mass is 79.9. The van der Waals surface area contributed by atoms with Crippen LogP contribution < -0.4 is 4.90 Å². The van der Waals surface area contributed by atoms with Gasteiger partial charge in [0, 0.05) is 10.2 Å². The molecule has 0 bridgehead atoms. The van der Waals surface area contributed by atoms with Gasteiger partial charge in [0.25, 0.3) is 0 Å². The van der Waals surface area contributed by atoms with E-state index < -0.39 is 24.7 Å². The van der Waals surface area contributed by atoms with Crippen LogP contribution in [0.1, 0.15) is 19.8 Å². The molecule has 0 spiro atoms. The molecule has 0 radical (unpaired) electrons. The Morgan fingerprint density at radius 2 is 1.90 bits per heavy atom. The van der Waals surface area contributed by atoms with Gasteiger partial charge in [-0.1, -0.05) is 29.3 Å². The molecule has 0 saturated heterocycles. The van der Waals surface area contributed by atoms with Gasteiger partial charge in [-0.25, -0.2) is 4.79 Å². The number of alkyl halides is 3. The van der Waals surface area contributed by atoms with E-state index in [2.05, 4.69) is 15.9 Å². The lowest BCUT2D eigenvalue weighted by atomic mass is 10.1. The molecule has 0 heterocycles. The van der Waals surface area contributed by atoms with Crippen molar-refractivity contribution in [3.8, 4) is 0 Å². The molecule has 3 nitrogen and oxygen atoms in total. The van der Waals surface area contributed by atoms with Crippen LogP contribution in [0, 0.1) is 0 Å².